The molecule has 16 nitrogen and oxygen atoms in total. The minimum atomic E-state index is -0.344. The van der Waals surface area contributed by atoms with Crippen LogP contribution in [0.15, 0.2) is 79.4 Å². The molecule has 61 heavy (non-hydrogen) atoms. The molecule has 0 bridgehead atoms. The molecule has 2 aromatic carbocycles. The molecular formula is C45H51N11O5. The number of rotatable bonds is 12. The number of imidazole rings is 1. The number of aryl methyl sites for hydroxylation is 1. The minimum absolute atomic E-state index is 0.0112. The normalized spacial score (nSPS) is 21.2. The van der Waals surface area contributed by atoms with Gasteiger partial charge in [-0.3, -0.25) is 29.4 Å². The van der Waals surface area contributed by atoms with Crippen LogP contribution in [0.4, 0.5) is 17.2 Å². The molecule has 3 aromatic heterocycles. The van der Waals surface area contributed by atoms with Crippen LogP contribution in [-0.2, 0) is 14.4 Å². The van der Waals surface area contributed by atoms with Crippen molar-refractivity contribution < 1.29 is 23.9 Å². The molecule has 1 saturated carbocycles. The Labute approximate surface area is 354 Å². The van der Waals surface area contributed by atoms with Crippen molar-refractivity contribution in [1.82, 2.24) is 44.9 Å². The molecule has 6 heterocycles. The Balaban J connectivity index is 0.689. The number of carbonyl (C=O) groups is 4. The summed E-state index contributed by atoms with van der Waals surface area (Å²) in [5.74, 6) is 0.792. The first-order chi connectivity index (χ1) is 29.7. The number of nitrogens with zero attached hydrogens (tertiary/aromatic N) is 8. The molecular weight excluding hydrogens is 775 g/mol. The van der Waals surface area contributed by atoms with E-state index in [1.54, 1.807) is 24.5 Å². The predicted molar refractivity (Wildman–Crippen MR) is 229 cm³/mol. The molecule has 1 atom stereocenters. The fraction of sp³-hybridized carbons (Fsp3) is 0.422. The molecule has 5 aromatic rings. The van der Waals surface area contributed by atoms with Crippen LogP contribution in [0.2, 0.25) is 0 Å². The third-order valence-corrected chi connectivity index (χ3v) is 12.6. The average molecular weight is 826 g/mol. The Morgan fingerprint density at radius 1 is 0.869 bits per heavy atom. The van der Waals surface area contributed by atoms with E-state index < -0.39 is 0 Å². The molecule has 0 radical (unpaired) electrons. The minimum Gasteiger partial charge on any atom is -0.484 e. The summed E-state index contributed by atoms with van der Waals surface area (Å²) in [7, 11) is 0. The van der Waals surface area contributed by atoms with Gasteiger partial charge in [-0.15, -0.1) is 0 Å². The van der Waals surface area contributed by atoms with E-state index in [1.807, 2.05) is 42.4 Å². The van der Waals surface area contributed by atoms with Gasteiger partial charge in [0.25, 0.3) is 11.8 Å². The third-order valence-electron chi connectivity index (χ3n) is 12.6. The number of imide groups is 1. The van der Waals surface area contributed by atoms with Crippen molar-refractivity contribution >= 4 is 52.0 Å². The van der Waals surface area contributed by atoms with E-state index in [4.69, 9.17) is 4.74 Å². The number of hydrogen-bond acceptors (Lipinski definition) is 12. The van der Waals surface area contributed by atoms with Crippen molar-refractivity contribution in [2.45, 2.75) is 63.5 Å². The summed E-state index contributed by atoms with van der Waals surface area (Å²) in [6.07, 6.45) is 7.75. The van der Waals surface area contributed by atoms with E-state index in [-0.39, 0.29) is 48.2 Å². The lowest BCUT2D eigenvalue weighted by atomic mass is 9.86. The van der Waals surface area contributed by atoms with Crippen LogP contribution in [0.5, 0.6) is 5.75 Å². The molecule has 1 aliphatic carbocycles. The summed E-state index contributed by atoms with van der Waals surface area (Å²) in [5, 5.41) is 8.94. The first-order valence-corrected chi connectivity index (χ1v) is 21.3. The number of carbonyl (C=O) groups excluding carboxylic acids is 4. The van der Waals surface area contributed by atoms with Crippen LogP contribution >= 0.6 is 0 Å². The van der Waals surface area contributed by atoms with Gasteiger partial charge in [0.15, 0.2) is 23.6 Å². The highest BCUT2D eigenvalue weighted by Gasteiger charge is 2.34. The second-order valence-electron chi connectivity index (χ2n) is 16.7. The molecule has 16 heteroatoms. The van der Waals surface area contributed by atoms with E-state index >= 15 is 0 Å². The standard InChI is InChI=1S/C45H51N11O5/c1-29-3-2-4-38(49-29)45(60)51-33-23-35(24-33)56-28-48-41-42(46-27-47-43(41)56)50-32-7-9-34(10-8-32)54-21-19-53(20-22-54)25-30-15-17-55(18-16-30)40(58)26-61-36-11-5-31(6-12-36)37-13-14-39(57)52-44(37)59/h2-12,27-28,30,33,35,37H,13-26H2,1H3,(H,51,60)(H,46,47,50)(H,52,57,59). The highest BCUT2D eigenvalue weighted by atomic mass is 16.5. The molecule has 9 rings (SSSR count). The fourth-order valence-corrected chi connectivity index (χ4v) is 8.93. The summed E-state index contributed by atoms with van der Waals surface area (Å²) < 4.78 is 7.89. The maximum absolute atomic E-state index is 13.0. The van der Waals surface area contributed by atoms with Gasteiger partial charge in [0.1, 0.15) is 17.8 Å². The monoisotopic (exact) mass is 825 g/mol. The van der Waals surface area contributed by atoms with Crippen LogP contribution in [-0.4, -0.2) is 116 Å². The Morgan fingerprint density at radius 2 is 1.64 bits per heavy atom. The van der Waals surface area contributed by atoms with E-state index in [9.17, 15) is 19.2 Å². The van der Waals surface area contributed by atoms with Gasteiger partial charge in [0, 0.05) is 81.4 Å². The van der Waals surface area contributed by atoms with E-state index in [2.05, 4.69) is 74.5 Å². The van der Waals surface area contributed by atoms with Crippen molar-refractivity contribution in [2.24, 2.45) is 5.92 Å². The Kier molecular flexibility index (Phi) is 11.6. The number of aromatic nitrogens is 5. The SMILES string of the molecule is Cc1cccc(C(=O)NC2CC(n3cnc4c(Nc5ccc(N6CCN(CC7CCN(C(=O)COc8ccc(C9CCC(=O)NC9=O)cc8)CC7)CC6)cc5)ncnc43)C2)n1. The highest BCUT2D eigenvalue weighted by Crippen LogP contribution is 2.36. The highest BCUT2D eigenvalue weighted by molar-refractivity contribution is 6.01. The number of ether oxygens (including phenoxy) is 1. The van der Waals surface area contributed by atoms with Gasteiger partial charge >= 0.3 is 0 Å². The van der Waals surface area contributed by atoms with Crippen LogP contribution in [0.1, 0.15) is 72.2 Å². The molecule has 3 saturated heterocycles. The molecule has 4 aliphatic rings. The summed E-state index contributed by atoms with van der Waals surface area (Å²) in [5.41, 5.74) is 5.67. The lowest BCUT2D eigenvalue weighted by Crippen LogP contribution is -2.49. The van der Waals surface area contributed by atoms with Gasteiger partial charge in [-0.05, 0) is 99.0 Å². The molecule has 4 amide bonds. The number of pyridine rings is 1. The molecule has 3 aliphatic heterocycles. The number of hydrogen-bond donors (Lipinski definition) is 3. The van der Waals surface area contributed by atoms with Crippen molar-refractivity contribution in [2.75, 3.05) is 62.6 Å². The third kappa shape index (κ3) is 9.18. The van der Waals surface area contributed by atoms with E-state index in [0.717, 1.165) is 94.1 Å². The number of piperazine rings is 1. The average Bonchev–Trinajstić information content (AvgIpc) is 3.69. The number of likely N-dealkylation sites (tertiary alicyclic amines) is 1. The van der Waals surface area contributed by atoms with Gasteiger partial charge in [0.2, 0.25) is 11.8 Å². The Morgan fingerprint density at radius 3 is 2.38 bits per heavy atom. The summed E-state index contributed by atoms with van der Waals surface area (Å²) >= 11 is 0. The largest absolute Gasteiger partial charge is 0.484 e. The number of amides is 4. The smallest absolute Gasteiger partial charge is 0.270 e. The molecule has 3 N–H and O–H groups in total. The van der Waals surface area contributed by atoms with Gasteiger partial charge < -0.3 is 29.7 Å². The Bertz CT molecular complexity index is 2380. The molecule has 1 unspecified atom stereocenters. The van der Waals surface area contributed by atoms with Crippen molar-refractivity contribution in [3.8, 4) is 5.75 Å². The van der Waals surface area contributed by atoms with Crippen molar-refractivity contribution in [3.05, 3.63) is 96.3 Å². The van der Waals surface area contributed by atoms with Crippen LogP contribution in [0.25, 0.3) is 11.2 Å². The molecule has 0 spiro atoms. The predicted octanol–water partition coefficient (Wildman–Crippen LogP) is 4.37. The Hall–Kier alpha value is -6.42. The van der Waals surface area contributed by atoms with Gasteiger partial charge in [-0.1, -0.05) is 18.2 Å². The first-order valence-electron chi connectivity index (χ1n) is 21.3. The fourth-order valence-electron chi connectivity index (χ4n) is 8.93. The summed E-state index contributed by atoms with van der Waals surface area (Å²) in [6.45, 7) is 8.27. The molecule has 316 valence electrons. The van der Waals surface area contributed by atoms with Crippen molar-refractivity contribution in [1.29, 1.82) is 0 Å². The first kappa shape index (κ1) is 40.0. The number of fused-ring (bicyclic) bond motifs is 1. The lowest BCUT2D eigenvalue weighted by Gasteiger charge is -2.39. The second kappa shape index (κ2) is 17.7. The quantitative estimate of drug-likeness (QED) is 0.152. The summed E-state index contributed by atoms with van der Waals surface area (Å²) in [4.78, 5) is 74.3. The van der Waals surface area contributed by atoms with Crippen LogP contribution in [0.3, 0.4) is 0 Å². The number of benzene rings is 2. The van der Waals surface area contributed by atoms with E-state index in [1.165, 1.54) is 5.69 Å². The zero-order chi connectivity index (χ0) is 41.9. The summed E-state index contributed by atoms with van der Waals surface area (Å²) in [6, 6.07) is 21.4. The number of nitrogens with one attached hydrogen (secondary N) is 3. The van der Waals surface area contributed by atoms with E-state index in [0.29, 0.717) is 41.5 Å². The topological polar surface area (TPSA) is 180 Å². The second-order valence-corrected chi connectivity index (χ2v) is 16.7. The number of anilines is 3. The lowest BCUT2D eigenvalue weighted by molar-refractivity contribution is -0.135. The zero-order valence-corrected chi connectivity index (χ0v) is 34.3. The van der Waals surface area contributed by atoms with Gasteiger partial charge in [0.05, 0.1) is 12.2 Å². The van der Waals surface area contributed by atoms with Gasteiger partial charge in [-0.25, -0.2) is 19.9 Å². The van der Waals surface area contributed by atoms with Crippen LogP contribution in [0, 0.1) is 12.8 Å². The van der Waals surface area contributed by atoms with Gasteiger partial charge in [-0.2, -0.15) is 0 Å². The maximum atomic E-state index is 13.0. The zero-order valence-electron chi connectivity index (χ0n) is 34.3. The maximum Gasteiger partial charge on any atom is 0.270 e. The van der Waals surface area contributed by atoms with Crippen LogP contribution < -0.4 is 25.6 Å². The number of piperidine rings is 2. The molecule has 4 fully saturated rings. The van der Waals surface area contributed by atoms with Crippen molar-refractivity contribution in [3.63, 3.8) is 0 Å².